The van der Waals surface area contributed by atoms with Crippen LogP contribution in [-0.4, -0.2) is 37.2 Å². The first-order valence-electron chi connectivity index (χ1n) is 14.4. The highest BCUT2D eigenvalue weighted by Crippen LogP contribution is 2.44. The molecule has 0 heterocycles. The second-order valence-electron chi connectivity index (χ2n) is 11.6. The lowest BCUT2D eigenvalue weighted by Gasteiger charge is -2.25. The van der Waals surface area contributed by atoms with Gasteiger partial charge >= 0.3 is 12.1 Å². The van der Waals surface area contributed by atoms with E-state index in [1.807, 2.05) is 63.2 Å². The second kappa shape index (κ2) is 12.5. The summed E-state index contributed by atoms with van der Waals surface area (Å²) in [7, 11) is 1.65. The van der Waals surface area contributed by atoms with E-state index >= 15 is 0 Å². The summed E-state index contributed by atoms with van der Waals surface area (Å²) < 4.78 is 11.2. The maximum atomic E-state index is 13.8. The summed E-state index contributed by atoms with van der Waals surface area (Å²) in [6.45, 7) is 5.63. The standard InChI is InChI=1S/C36H36N2O5/c1-36(2,3)43-32(39)22-24-18-20-26(21-19-24)38(4)34(40)33(25-12-6-5-7-13-25)37-35(41)42-23-31-29-16-10-8-14-27(29)28-15-9-11-17-30(28)31/h5-21,31,33H,22-23H2,1-4H3,(H,37,41)/t33-/m0/s1. The largest absolute Gasteiger partial charge is 0.460 e. The Balaban J connectivity index is 1.28. The minimum absolute atomic E-state index is 0.0918. The molecule has 0 saturated heterocycles. The van der Waals surface area contributed by atoms with E-state index in [1.165, 1.54) is 4.90 Å². The van der Waals surface area contributed by atoms with Gasteiger partial charge in [0.05, 0.1) is 6.42 Å². The lowest BCUT2D eigenvalue weighted by atomic mass is 9.98. The molecule has 7 nitrogen and oxygen atoms in total. The van der Waals surface area contributed by atoms with Gasteiger partial charge in [0.15, 0.2) is 0 Å². The van der Waals surface area contributed by atoms with E-state index in [9.17, 15) is 14.4 Å². The van der Waals surface area contributed by atoms with Crippen LogP contribution in [0.15, 0.2) is 103 Å². The maximum Gasteiger partial charge on any atom is 0.408 e. The van der Waals surface area contributed by atoms with E-state index in [1.54, 1.807) is 43.4 Å². The Morgan fingerprint density at radius 3 is 1.93 bits per heavy atom. The number of likely N-dealkylation sites (N-methyl/N-ethyl adjacent to an activating group) is 1. The van der Waals surface area contributed by atoms with Gasteiger partial charge in [0.2, 0.25) is 0 Å². The fourth-order valence-electron chi connectivity index (χ4n) is 5.39. The first kappa shape index (κ1) is 29.6. The number of esters is 1. The number of carbonyl (C=O) groups is 3. The van der Waals surface area contributed by atoms with Crippen LogP contribution in [0.2, 0.25) is 0 Å². The molecule has 0 saturated carbocycles. The van der Waals surface area contributed by atoms with E-state index in [0.29, 0.717) is 11.3 Å². The molecule has 0 fully saturated rings. The van der Waals surface area contributed by atoms with Crippen molar-refractivity contribution < 1.29 is 23.9 Å². The number of benzene rings is 4. The molecule has 4 aromatic carbocycles. The summed E-state index contributed by atoms with van der Waals surface area (Å²) >= 11 is 0. The molecular weight excluding hydrogens is 540 g/mol. The molecule has 1 aliphatic rings. The first-order chi connectivity index (χ1) is 20.6. The maximum absolute atomic E-state index is 13.8. The normalized spacial score (nSPS) is 12.9. The smallest absolute Gasteiger partial charge is 0.408 e. The highest BCUT2D eigenvalue weighted by Gasteiger charge is 2.31. The molecule has 2 amide bonds. The molecule has 0 unspecified atom stereocenters. The fourth-order valence-corrected chi connectivity index (χ4v) is 5.39. The van der Waals surface area contributed by atoms with Crippen molar-refractivity contribution in [2.24, 2.45) is 0 Å². The zero-order valence-corrected chi connectivity index (χ0v) is 24.9. The summed E-state index contributed by atoms with van der Waals surface area (Å²) in [6, 6.07) is 31.5. The number of hydrogen-bond acceptors (Lipinski definition) is 5. The van der Waals surface area contributed by atoms with Crippen LogP contribution in [0, 0.1) is 0 Å². The van der Waals surface area contributed by atoms with Gasteiger partial charge in [-0.05, 0) is 66.3 Å². The Labute approximate surface area is 252 Å². The third kappa shape index (κ3) is 6.95. The van der Waals surface area contributed by atoms with Crippen molar-refractivity contribution in [3.63, 3.8) is 0 Å². The Kier molecular flexibility index (Phi) is 8.62. The van der Waals surface area contributed by atoms with Gasteiger partial charge in [-0.25, -0.2) is 4.79 Å². The van der Waals surface area contributed by atoms with Crippen molar-refractivity contribution >= 4 is 23.7 Å². The molecule has 1 aliphatic carbocycles. The van der Waals surface area contributed by atoms with E-state index in [2.05, 4.69) is 29.6 Å². The highest BCUT2D eigenvalue weighted by atomic mass is 16.6. The topological polar surface area (TPSA) is 84.9 Å². The average molecular weight is 577 g/mol. The van der Waals surface area contributed by atoms with Crippen molar-refractivity contribution in [2.75, 3.05) is 18.6 Å². The SMILES string of the molecule is CN(C(=O)[C@@H](NC(=O)OCC1c2ccccc2-c2ccccc21)c1ccccc1)c1ccc(CC(=O)OC(C)(C)C)cc1. The van der Waals surface area contributed by atoms with Gasteiger partial charge in [0, 0.05) is 18.7 Å². The van der Waals surface area contributed by atoms with Crippen LogP contribution in [0.4, 0.5) is 10.5 Å². The number of amides is 2. The molecule has 4 aromatic rings. The number of nitrogens with zero attached hydrogens (tertiary/aromatic N) is 1. The number of nitrogens with one attached hydrogen (secondary N) is 1. The summed E-state index contributed by atoms with van der Waals surface area (Å²) in [4.78, 5) is 40.6. The van der Waals surface area contributed by atoms with Gasteiger partial charge in [-0.1, -0.05) is 91.0 Å². The Bertz CT molecular complexity index is 1560. The Hall–Kier alpha value is -4.91. The minimum atomic E-state index is -0.969. The number of carbonyl (C=O) groups excluding carboxylic acids is 3. The number of rotatable bonds is 8. The molecule has 0 spiro atoms. The second-order valence-corrected chi connectivity index (χ2v) is 11.6. The monoisotopic (exact) mass is 576 g/mol. The third-order valence-corrected chi connectivity index (χ3v) is 7.41. The van der Waals surface area contributed by atoms with Crippen molar-refractivity contribution in [2.45, 2.75) is 44.8 Å². The molecule has 43 heavy (non-hydrogen) atoms. The number of alkyl carbamates (subject to hydrolysis) is 1. The van der Waals surface area contributed by atoms with Crippen molar-refractivity contribution in [3.05, 3.63) is 125 Å². The minimum Gasteiger partial charge on any atom is -0.460 e. The van der Waals surface area contributed by atoms with Gasteiger partial charge in [0.25, 0.3) is 5.91 Å². The third-order valence-electron chi connectivity index (χ3n) is 7.41. The van der Waals surface area contributed by atoms with Gasteiger partial charge in [-0.2, -0.15) is 0 Å². The number of fused-ring (bicyclic) bond motifs is 3. The lowest BCUT2D eigenvalue weighted by Crippen LogP contribution is -2.42. The Morgan fingerprint density at radius 2 is 1.35 bits per heavy atom. The van der Waals surface area contributed by atoms with E-state index < -0.39 is 17.7 Å². The molecular formula is C36H36N2O5. The van der Waals surface area contributed by atoms with Gasteiger partial charge in [-0.15, -0.1) is 0 Å². The predicted molar refractivity (Wildman–Crippen MR) is 167 cm³/mol. The van der Waals surface area contributed by atoms with Crippen LogP contribution in [-0.2, 0) is 25.5 Å². The van der Waals surface area contributed by atoms with Gasteiger partial charge in [-0.3, -0.25) is 9.59 Å². The molecule has 0 radical (unpaired) electrons. The van der Waals surface area contributed by atoms with Crippen LogP contribution in [0.1, 0.15) is 55.0 Å². The fraction of sp³-hybridized carbons (Fsp3) is 0.250. The summed E-state index contributed by atoms with van der Waals surface area (Å²) in [5.74, 6) is -0.744. The Morgan fingerprint density at radius 1 is 0.791 bits per heavy atom. The van der Waals surface area contributed by atoms with Crippen molar-refractivity contribution in [1.82, 2.24) is 5.32 Å². The van der Waals surface area contributed by atoms with Gasteiger partial charge in [0.1, 0.15) is 18.2 Å². The first-order valence-corrected chi connectivity index (χ1v) is 14.4. The zero-order chi connectivity index (χ0) is 30.6. The number of anilines is 1. The molecule has 5 rings (SSSR count). The lowest BCUT2D eigenvalue weighted by molar-refractivity contribution is -0.153. The number of hydrogen-bond donors (Lipinski definition) is 1. The van der Waals surface area contributed by atoms with Crippen LogP contribution in [0.3, 0.4) is 0 Å². The zero-order valence-electron chi connectivity index (χ0n) is 24.9. The number of ether oxygens (including phenoxy) is 2. The molecule has 220 valence electrons. The van der Waals surface area contributed by atoms with Crippen LogP contribution in [0.5, 0.6) is 0 Å². The van der Waals surface area contributed by atoms with E-state index in [4.69, 9.17) is 9.47 Å². The molecule has 0 bridgehead atoms. The van der Waals surface area contributed by atoms with Crippen molar-refractivity contribution in [1.29, 1.82) is 0 Å². The molecule has 0 aliphatic heterocycles. The molecule has 7 heteroatoms. The average Bonchev–Trinajstić information content (AvgIpc) is 3.31. The summed E-state index contributed by atoms with van der Waals surface area (Å²) in [5.41, 5.74) is 5.98. The van der Waals surface area contributed by atoms with Crippen LogP contribution < -0.4 is 10.2 Å². The molecule has 1 atom stereocenters. The highest BCUT2D eigenvalue weighted by molar-refractivity contribution is 5.99. The van der Waals surface area contributed by atoms with Crippen LogP contribution >= 0.6 is 0 Å². The molecule has 1 N–H and O–H groups in total. The van der Waals surface area contributed by atoms with Crippen LogP contribution in [0.25, 0.3) is 11.1 Å². The van der Waals surface area contributed by atoms with Gasteiger partial charge < -0.3 is 19.7 Å². The quantitative estimate of drug-likeness (QED) is 0.233. The van der Waals surface area contributed by atoms with E-state index in [-0.39, 0.29) is 30.8 Å². The predicted octanol–water partition coefficient (Wildman–Crippen LogP) is 6.81. The van der Waals surface area contributed by atoms with Crippen molar-refractivity contribution in [3.8, 4) is 11.1 Å². The summed E-state index contributed by atoms with van der Waals surface area (Å²) in [6.07, 6.45) is -0.546. The van der Waals surface area contributed by atoms with E-state index in [0.717, 1.165) is 27.8 Å². The molecule has 0 aromatic heterocycles. The summed E-state index contributed by atoms with van der Waals surface area (Å²) in [5, 5.41) is 2.80.